The lowest BCUT2D eigenvalue weighted by Crippen LogP contribution is -2.21. The smallest absolute Gasteiger partial charge is 0.341 e. The molecule has 2 N–H and O–H groups in total. The van der Waals surface area contributed by atoms with Crippen LogP contribution in [0.1, 0.15) is 41.1 Å². The molecule has 0 radical (unpaired) electrons. The predicted molar refractivity (Wildman–Crippen MR) is 118 cm³/mol. The van der Waals surface area contributed by atoms with Gasteiger partial charge in [0.25, 0.3) is 0 Å². The molecule has 28 heavy (non-hydrogen) atoms. The maximum Gasteiger partial charge on any atom is 0.341 e. The second-order valence-corrected chi connectivity index (χ2v) is 8.48. The second kappa shape index (κ2) is 7.85. The normalized spacial score (nSPS) is 12.8. The first-order valence-corrected chi connectivity index (χ1v) is 10.5. The van der Waals surface area contributed by atoms with Crippen LogP contribution < -0.4 is 10.6 Å². The number of benzene rings is 1. The summed E-state index contributed by atoms with van der Waals surface area (Å²) >= 11 is 7.13. The van der Waals surface area contributed by atoms with Crippen molar-refractivity contribution < 1.29 is 9.53 Å². The number of thiocarbonyl (C=S) groups is 1. The molecule has 0 aliphatic heterocycles. The number of nitrogens with zero attached hydrogens (tertiary/aromatic N) is 1. The summed E-state index contributed by atoms with van der Waals surface area (Å²) in [7, 11) is 0. The lowest BCUT2D eigenvalue weighted by molar-refractivity contribution is 0.0378. The monoisotopic (exact) mass is 411 g/mol. The molecule has 7 heteroatoms. The van der Waals surface area contributed by atoms with E-state index in [-0.39, 0.29) is 12.1 Å². The third-order valence-electron chi connectivity index (χ3n) is 4.59. The average molecular weight is 412 g/mol. The van der Waals surface area contributed by atoms with E-state index in [9.17, 15) is 4.79 Å². The zero-order valence-electron chi connectivity index (χ0n) is 15.7. The van der Waals surface area contributed by atoms with E-state index in [0.29, 0.717) is 10.7 Å². The van der Waals surface area contributed by atoms with Crippen molar-refractivity contribution in [1.82, 2.24) is 4.98 Å². The third-order valence-corrected chi connectivity index (χ3v) is 6.00. The Morgan fingerprint density at radius 1 is 1.21 bits per heavy atom. The number of carbonyl (C=O) groups is 1. The summed E-state index contributed by atoms with van der Waals surface area (Å²) in [4.78, 5) is 18.3. The van der Waals surface area contributed by atoms with Gasteiger partial charge in [-0.2, -0.15) is 0 Å². The van der Waals surface area contributed by atoms with Gasteiger partial charge in [0.15, 0.2) is 5.11 Å². The van der Waals surface area contributed by atoms with Gasteiger partial charge in [-0.05, 0) is 75.2 Å². The van der Waals surface area contributed by atoms with Crippen LogP contribution in [-0.2, 0) is 17.6 Å². The lowest BCUT2D eigenvalue weighted by Gasteiger charge is -2.14. The molecule has 1 aliphatic rings. The molecular formula is C21H21N3O2S2. The Balaban J connectivity index is 1.59. The van der Waals surface area contributed by atoms with Crippen LogP contribution in [0.3, 0.4) is 0 Å². The number of thiophene rings is 1. The van der Waals surface area contributed by atoms with Crippen LogP contribution in [0.25, 0.3) is 10.9 Å². The fourth-order valence-electron chi connectivity index (χ4n) is 3.45. The summed E-state index contributed by atoms with van der Waals surface area (Å²) in [5, 5.41) is 8.65. The van der Waals surface area contributed by atoms with Crippen molar-refractivity contribution in [2.45, 2.75) is 39.2 Å². The number of nitrogens with one attached hydrogen (secondary N) is 2. The Labute approximate surface area is 173 Å². The van der Waals surface area contributed by atoms with Crippen molar-refractivity contribution in [3.63, 3.8) is 0 Å². The molecule has 0 fully saturated rings. The molecule has 1 aliphatic carbocycles. The van der Waals surface area contributed by atoms with E-state index in [0.717, 1.165) is 46.4 Å². The Kier molecular flexibility index (Phi) is 5.28. The predicted octanol–water partition coefficient (Wildman–Crippen LogP) is 5.16. The molecule has 0 saturated heterocycles. The van der Waals surface area contributed by atoms with Gasteiger partial charge < -0.3 is 15.4 Å². The minimum Gasteiger partial charge on any atom is -0.459 e. The molecule has 0 saturated carbocycles. The molecule has 0 amide bonds. The molecule has 0 spiro atoms. The minimum atomic E-state index is -0.283. The first kappa shape index (κ1) is 18.8. The van der Waals surface area contributed by atoms with Crippen LogP contribution in [0, 0.1) is 0 Å². The van der Waals surface area contributed by atoms with Crippen LogP contribution in [0.15, 0.2) is 36.5 Å². The number of anilines is 2. The number of pyridine rings is 1. The van der Waals surface area contributed by atoms with Crippen molar-refractivity contribution in [1.29, 1.82) is 0 Å². The highest BCUT2D eigenvalue weighted by molar-refractivity contribution is 7.80. The van der Waals surface area contributed by atoms with Crippen molar-refractivity contribution in [3.8, 4) is 0 Å². The van der Waals surface area contributed by atoms with Crippen LogP contribution in [-0.4, -0.2) is 22.2 Å². The summed E-state index contributed by atoms with van der Waals surface area (Å²) < 4.78 is 5.47. The standard InChI is InChI=1S/C21H21N3O2S2/c1-12(2)26-20(25)18-14-6-3-10-17(14)28-19(18)24-21(27)23-16-9-4-8-15-13(16)7-5-11-22-15/h4-5,7-9,11-12H,3,6,10H2,1-2H3,(H2,23,24,27). The van der Waals surface area contributed by atoms with Crippen LogP contribution in [0.4, 0.5) is 10.7 Å². The minimum absolute atomic E-state index is 0.162. The molecule has 3 aromatic rings. The van der Waals surface area contributed by atoms with Crippen molar-refractivity contribution in [2.75, 3.05) is 10.6 Å². The Bertz CT molecular complexity index is 1050. The van der Waals surface area contributed by atoms with Crippen LogP contribution >= 0.6 is 23.6 Å². The molecule has 0 bridgehead atoms. The SMILES string of the molecule is CC(C)OC(=O)c1c(NC(=S)Nc2cccc3ncccc23)sc2c1CCC2. The number of ether oxygens (including phenoxy) is 1. The first-order chi connectivity index (χ1) is 13.5. The summed E-state index contributed by atoms with van der Waals surface area (Å²) in [5.41, 5.74) is 3.51. The van der Waals surface area contributed by atoms with Gasteiger partial charge in [0.2, 0.25) is 0 Å². The highest BCUT2D eigenvalue weighted by Crippen LogP contribution is 2.39. The van der Waals surface area contributed by atoms with Crippen LogP contribution in [0.5, 0.6) is 0 Å². The zero-order valence-corrected chi connectivity index (χ0v) is 17.4. The molecule has 0 atom stereocenters. The van der Waals surface area contributed by atoms with E-state index in [1.807, 2.05) is 44.2 Å². The van der Waals surface area contributed by atoms with E-state index in [4.69, 9.17) is 17.0 Å². The van der Waals surface area contributed by atoms with Gasteiger partial charge in [0, 0.05) is 22.1 Å². The number of aryl methyl sites for hydroxylation is 1. The molecule has 1 aromatic carbocycles. The zero-order chi connectivity index (χ0) is 19.7. The summed E-state index contributed by atoms with van der Waals surface area (Å²) in [6.45, 7) is 3.72. The Morgan fingerprint density at radius 2 is 2.07 bits per heavy atom. The largest absolute Gasteiger partial charge is 0.459 e. The van der Waals surface area contributed by atoms with Gasteiger partial charge >= 0.3 is 5.97 Å². The number of esters is 1. The van der Waals surface area contributed by atoms with Gasteiger partial charge in [0.1, 0.15) is 5.00 Å². The molecule has 2 heterocycles. The number of carbonyl (C=O) groups excluding carboxylic acids is 1. The summed E-state index contributed by atoms with van der Waals surface area (Å²) in [5.74, 6) is -0.283. The highest BCUT2D eigenvalue weighted by atomic mass is 32.1. The number of rotatable bonds is 4. The van der Waals surface area contributed by atoms with Gasteiger partial charge in [-0.1, -0.05) is 6.07 Å². The number of aromatic nitrogens is 1. The van der Waals surface area contributed by atoms with Crippen molar-refractivity contribution in [2.24, 2.45) is 0 Å². The number of hydrogen-bond acceptors (Lipinski definition) is 5. The summed E-state index contributed by atoms with van der Waals surface area (Å²) in [6.07, 6.45) is 4.59. The molecular weight excluding hydrogens is 390 g/mol. The van der Waals surface area contributed by atoms with Gasteiger partial charge in [-0.25, -0.2) is 4.79 Å². The topological polar surface area (TPSA) is 63.2 Å². The van der Waals surface area contributed by atoms with Crippen LogP contribution in [0.2, 0.25) is 0 Å². The van der Waals surface area contributed by atoms with Gasteiger partial charge in [0.05, 0.1) is 17.2 Å². The van der Waals surface area contributed by atoms with E-state index in [1.165, 1.54) is 4.88 Å². The third kappa shape index (κ3) is 3.72. The van der Waals surface area contributed by atoms with Gasteiger partial charge in [-0.15, -0.1) is 11.3 Å². The quantitative estimate of drug-likeness (QED) is 0.457. The maximum absolute atomic E-state index is 12.7. The van der Waals surface area contributed by atoms with E-state index in [1.54, 1.807) is 17.5 Å². The maximum atomic E-state index is 12.7. The summed E-state index contributed by atoms with van der Waals surface area (Å²) in [6, 6.07) is 9.75. The molecule has 5 nitrogen and oxygen atoms in total. The van der Waals surface area contributed by atoms with E-state index >= 15 is 0 Å². The number of fused-ring (bicyclic) bond motifs is 2. The second-order valence-electron chi connectivity index (χ2n) is 6.97. The molecule has 0 unspecified atom stereocenters. The Hall–Kier alpha value is -2.51. The van der Waals surface area contributed by atoms with E-state index in [2.05, 4.69) is 15.6 Å². The lowest BCUT2D eigenvalue weighted by atomic mass is 10.1. The van der Waals surface area contributed by atoms with Gasteiger partial charge in [-0.3, -0.25) is 4.98 Å². The Morgan fingerprint density at radius 3 is 2.89 bits per heavy atom. The number of hydrogen-bond donors (Lipinski definition) is 2. The molecule has 144 valence electrons. The first-order valence-electron chi connectivity index (χ1n) is 9.30. The average Bonchev–Trinajstić information content (AvgIpc) is 3.22. The molecule has 4 rings (SSSR count). The fourth-order valence-corrected chi connectivity index (χ4v) is 5.01. The fraction of sp³-hybridized carbons (Fsp3) is 0.286. The van der Waals surface area contributed by atoms with Crippen molar-refractivity contribution in [3.05, 3.63) is 52.5 Å². The molecule has 2 aromatic heterocycles. The van der Waals surface area contributed by atoms with E-state index < -0.39 is 0 Å². The highest BCUT2D eigenvalue weighted by Gasteiger charge is 2.28. The van der Waals surface area contributed by atoms with Crippen molar-refractivity contribution >= 4 is 56.2 Å².